The Labute approximate surface area is 395 Å². The molecule has 4 aromatic rings. The van der Waals surface area contributed by atoms with Gasteiger partial charge in [-0.2, -0.15) is 15.2 Å². The van der Waals surface area contributed by atoms with Crippen LogP contribution in [0.5, 0.6) is 0 Å². The van der Waals surface area contributed by atoms with Crippen molar-refractivity contribution in [2.75, 3.05) is 79.2 Å². The number of likely N-dealkylation sites (N-methyl/N-ethyl adjacent to an activating group) is 1. The predicted molar refractivity (Wildman–Crippen MR) is 243 cm³/mol. The van der Waals surface area contributed by atoms with Crippen molar-refractivity contribution in [3.8, 4) is 0 Å². The number of hydroxylamine groups is 6. The van der Waals surface area contributed by atoms with E-state index in [4.69, 9.17) is 32.2 Å². The van der Waals surface area contributed by atoms with Gasteiger partial charge in [-0.15, -0.1) is 19.7 Å². The molecule has 0 saturated carbocycles. The number of amides is 8. The van der Waals surface area contributed by atoms with Crippen molar-refractivity contribution in [1.82, 2.24) is 59.6 Å². The van der Waals surface area contributed by atoms with Crippen LogP contribution >= 0.6 is 0 Å². The molecule has 0 N–H and O–H groups in total. The second-order valence-corrected chi connectivity index (χ2v) is 16.4. The summed E-state index contributed by atoms with van der Waals surface area (Å²) in [5.74, 6) is 2.29. The molecular weight excluding hydrogens is 897 g/mol. The fourth-order valence-corrected chi connectivity index (χ4v) is 8.72. The third-order valence-electron chi connectivity index (χ3n) is 11.8. The molecule has 69 heavy (non-hydrogen) atoms. The van der Waals surface area contributed by atoms with E-state index in [-0.39, 0.29) is 48.3 Å². The Morgan fingerprint density at radius 3 is 1.01 bits per heavy atom. The molecule has 23 heteroatoms. The number of fused-ring (bicyclic) bond motifs is 8. The molecule has 360 valence electrons. The predicted octanol–water partition coefficient (Wildman–Crippen LogP) is 4.69. The quantitative estimate of drug-likeness (QED) is 0.166. The average molecular weight is 947 g/mol. The highest BCUT2D eigenvalue weighted by Gasteiger charge is 2.44. The molecular formula is C46H50N12O11. The van der Waals surface area contributed by atoms with Gasteiger partial charge in [-0.3, -0.25) is 14.5 Å². The van der Waals surface area contributed by atoms with E-state index in [2.05, 4.69) is 45.7 Å². The topological polar surface area (TPSA) is 226 Å². The lowest BCUT2D eigenvalue weighted by Gasteiger charge is -2.19. The van der Waals surface area contributed by atoms with Gasteiger partial charge in [0.05, 0.1) is 95.0 Å². The summed E-state index contributed by atoms with van der Waals surface area (Å²) in [6, 6.07) is -0.403. The molecule has 1 unspecified atom stereocenters. The second-order valence-electron chi connectivity index (χ2n) is 16.4. The van der Waals surface area contributed by atoms with E-state index >= 15 is 0 Å². The van der Waals surface area contributed by atoms with Gasteiger partial charge in [-0.25, -0.2) is 39.1 Å². The summed E-state index contributed by atoms with van der Waals surface area (Å²) >= 11 is 0. The highest BCUT2D eigenvalue weighted by atomic mass is 16.7. The maximum Gasteiger partial charge on any atom is 0.344 e. The fourth-order valence-electron chi connectivity index (χ4n) is 8.72. The number of oxazole rings is 4. The molecule has 8 aliphatic heterocycles. The zero-order valence-electron chi connectivity index (χ0n) is 37.7. The molecule has 8 amide bonds. The molecule has 8 aliphatic rings. The lowest BCUT2D eigenvalue weighted by molar-refractivity contribution is -0.107. The lowest BCUT2D eigenvalue weighted by Crippen LogP contribution is -2.33. The van der Waals surface area contributed by atoms with E-state index in [1.807, 2.05) is 30.2 Å². The van der Waals surface area contributed by atoms with Crippen LogP contribution < -0.4 is 0 Å². The number of carbonyl (C=O) groups excluding carboxylic acids is 4. The maximum atomic E-state index is 12.0. The number of aromatic nitrogens is 4. The molecule has 0 radical (unpaired) electrons. The smallest absolute Gasteiger partial charge is 0.344 e. The third-order valence-corrected chi connectivity index (χ3v) is 11.8. The van der Waals surface area contributed by atoms with Gasteiger partial charge in [0, 0.05) is 55.5 Å². The summed E-state index contributed by atoms with van der Waals surface area (Å²) in [5.41, 5.74) is 3.73. The van der Waals surface area contributed by atoms with E-state index in [1.54, 1.807) is 68.9 Å². The maximum absolute atomic E-state index is 12.0. The first-order chi connectivity index (χ1) is 33.6. The molecule has 4 fully saturated rings. The van der Waals surface area contributed by atoms with Gasteiger partial charge < -0.3 is 42.2 Å². The highest BCUT2D eigenvalue weighted by Crippen LogP contribution is 2.32. The zero-order valence-corrected chi connectivity index (χ0v) is 37.7. The Morgan fingerprint density at radius 2 is 0.754 bits per heavy atom. The molecule has 4 aromatic heterocycles. The standard InChI is InChI=1S/3C12H13N3O3.C10H11N3O2/c3*1-2-4-18-15-10-6-9(11-13-3-5-17-11)7-14(8-10)12(15)16;1-12-8-4-7(9-11-2-3-15-9)5-13(6-8)10(12)14/h3*2-3,5-6,10H,1,4,7-8H2;2-4,8H,5-6H2,1H3/t2*10-;;8-/m10.1/s1. The minimum absolute atomic E-state index is 0.0813. The van der Waals surface area contributed by atoms with E-state index < -0.39 is 0 Å². The molecule has 23 nitrogen and oxygen atoms in total. The van der Waals surface area contributed by atoms with Crippen LogP contribution in [0.4, 0.5) is 19.2 Å². The third kappa shape index (κ3) is 9.73. The van der Waals surface area contributed by atoms with E-state index in [0.29, 0.717) is 89.2 Å². The van der Waals surface area contributed by atoms with Crippen molar-refractivity contribution in [2.24, 2.45) is 0 Å². The number of hydrogen-bond acceptors (Lipinski definition) is 15. The van der Waals surface area contributed by atoms with Crippen molar-refractivity contribution in [1.29, 1.82) is 0 Å². The summed E-state index contributed by atoms with van der Waals surface area (Å²) in [4.78, 5) is 88.9. The van der Waals surface area contributed by atoms with Gasteiger partial charge in [0.2, 0.25) is 23.6 Å². The van der Waals surface area contributed by atoms with Crippen LogP contribution in [-0.4, -0.2) is 187 Å². The molecule has 0 aliphatic carbocycles. The largest absolute Gasteiger partial charge is 0.445 e. The summed E-state index contributed by atoms with van der Waals surface area (Å²) in [6.07, 6.45) is 25.3. The monoisotopic (exact) mass is 946 g/mol. The summed E-state index contributed by atoms with van der Waals surface area (Å²) in [6.45, 7) is 16.5. The molecule has 0 spiro atoms. The Morgan fingerprint density at radius 1 is 0.478 bits per heavy atom. The fraction of sp³-hybridized carbons (Fsp3) is 0.348. The Kier molecular flexibility index (Phi) is 13.7. The Bertz CT molecular complexity index is 2410. The van der Waals surface area contributed by atoms with Crippen LogP contribution in [0.3, 0.4) is 0 Å². The molecule has 0 aromatic carbocycles. The Hall–Kier alpha value is -8.02. The SMILES string of the molecule is C=CCON1C(=O)N2CC(c3ncco3)=CC1C2.C=CCON1C(=O)N2CC(c3ncco3)=C[C@@H]1C2.C=CCON1C(=O)N2CC(c3ncco3)=C[C@H]1C2.CN1C(=O)N2CC(c3ncco3)=C[C@@H]1C2. The number of nitrogens with zero attached hydrogens (tertiary/aromatic N) is 12. The van der Waals surface area contributed by atoms with Gasteiger partial charge in [0.15, 0.2) is 0 Å². The molecule has 12 rings (SSSR count). The number of urea groups is 4. The van der Waals surface area contributed by atoms with E-state index in [9.17, 15) is 19.2 Å². The lowest BCUT2D eigenvalue weighted by atomic mass is 10.1. The van der Waals surface area contributed by atoms with Gasteiger partial charge in [-0.05, 0) is 24.3 Å². The molecule has 4 saturated heterocycles. The van der Waals surface area contributed by atoms with Crippen molar-refractivity contribution in [2.45, 2.75) is 24.2 Å². The van der Waals surface area contributed by atoms with Gasteiger partial charge in [0.1, 0.15) is 25.1 Å². The first-order valence-electron chi connectivity index (χ1n) is 22.0. The molecule has 4 atom stereocenters. The van der Waals surface area contributed by atoms with Crippen LogP contribution in [0.15, 0.2) is 130 Å². The van der Waals surface area contributed by atoms with Crippen molar-refractivity contribution >= 4 is 46.4 Å². The van der Waals surface area contributed by atoms with Crippen LogP contribution in [0, 0.1) is 0 Å². The summed E-state index contributed by atoms with van der Waals surface area (Å²) in [5, 5.41) is 4.16. The number of rotatable bonds is 13. The van der Waals surface area contributed by atoms with Crippen LogP contribution in [-0.2, 0) is 14.5 Å². The van der Waals surface area contributed by atoms with Crippen molar-refractivity contribution in [3.63, 3.8) is 0 Å². The minimum atomic E-state index is -0.125. The number of hydrogen-bond donors (Lipinski definition) is 0. The number of carbonyl (C=O) groups is 4. The average Bonchev–Trinajstić information content (AvgIpc) is 4.26. The zero-order chi connectivity index (χ0) is 48.0. The van der Waals surface area contributed by atoms with Crippen molar-refractivity contribution in [3.05, 3.63) is 136 Å². The first kappa shape index (κ1) is 46.1. The molecule has 8 bridgehead atoms. The van der Waals surface area contributed by atoms with Gasteiger partial charge >= 0.3 is 24.1 Å². The summed E-state index contributed by atoms with van der Waals surface area (Å²) < 4.78 is 21.0. The highest BCUT2D eigenvalue weighted by molar-refractivity contribution is 5.84. The van der Waals surface area contributed by atoms with Gasteiger partial charge in [0.25, 0.3) is 0 Å². The van der Waals surface area contributed by atoms with Gasteiger partial charge in [-0.1, -0.05) is 18.2 Å². The van der Waals surface area contributed by atoms with E-state index in [1.165, 1.54) is 34.0 Å². The normalized spacial score (nSPS) is 22.9. The summed E-state index contributed by atoms with van der Waals surface area (Å²) in [7, 11) is 1.82. The minimum Gasteiger partial charge on any atom is -0.445 e. The first-order valence-corrected chi connectivity index (χ1v) is 22.0. The molecule has 12 heterocycles. The van der Waals surface area contributed by atoms with Crippen LogP contribution in [0.2, 0.25) is 0 Å². The Balaban J connectivity index is 0.000000115. The van der Waals surface area contributed by atoms with Crippen molar-refractivity contribution < 1.29 is 51.4 Å². The van der Waals surface area contributed by atoms with Crippen LogP contribution in [0.25, 0.3) is 22.3 Å². The van der Waals surface area contributed by atoms with E-state index in [0.717, 1.165) is 28.8 Å². The second kappa shape index (κ2) is 20.5. The van der Waals surface area contributed by atoms with Crippen LogP contribution in [0.1, 0.15) is 23.6 Å².